The number of hydrogen-bond acceptors (Lipinski definition) is 2. The Balaban J connectivity index is 1.42. The number of benzene rings is 2. The fourth-order valence-corrected chi connectivity index (χ4v) is 4.67. The van der Waals surface area contributed by atoms with Gasteiger partial charge in [-0.05, 0) is 39.2 Å². The Morgan fingerprint density at radius 1 is 0.781 bits per heavy atom. The van der Waals surface area contributed by atoms with E-state index in [4.69, 9.17) is 4.74 Å². The van der Waals surface area contributed by atoms with E-state index in [2.05, 4.69) is 34.2 Å². The van der Waals surface area contributed by atoms with Crippen molar-refractivity contribution >= 4 is 32.6 Å². The number of rotatable bonds is 18. The SMILES string of the molecule is CCCCCCCCCCCCCCCCNC(=O)COc1ccc2ccccc2c1Br. The van der Waals surface area contributed by atoms with Crippen LogP contribution in [0.2, 0.25) is 0 Å². The average Bonchev–Trinajstić information content (AvgIpc) is 2.81. The van der Waals surface area contributed by atoms with Gasteiger partial charge in [0.05, 0.1) is 4.47 Å². The van der Waals surface area contributed by atoms with Gasteiger partial charge in [0.2, 0.25) is 0 Å². The van der Waals surface area contributed by atoms with E-state index in [9.17, 15) is 4.79 Å². The van der Waals surface area contributed by atoms with Crippen LogP contribution in [0.4, 0.5) is 0 Å². The first kappa shape index (κ1) is 26.7. The number of halogens is 1. The Labute approximate surface area is 203 Å². The maximum atomic E-state index is 12.1. The summed E-state index contributed by atoms with van der Waals surface area (Å²) in [6.45, 7) is 3.06. The predicted octanol–water partition coefficient (Wildman–Crippen LogP) is 8.58. The number of unbranched alkanes of at least 4 members (excludes halogenated alkanes) is 13. The fraction of sp³-hybridized carbons (Fsp3) is 0.607. The second-order valence-corrected chi connectivity index (χ2v) is 9.63. The fourth-order valence-electron chi connectivity index (χ4n) is 4.07. The number of fused-ring (bicyclic) bond motifs is 1. The molecule has 0 aliphatic heterocycles. The van der Waals surface area contributed by atoms with Crippen molar-refractivity contribution in [3.05, 3.63) is 40.9 Å². The smallest absolute Gasteiger partial charge is 0.257 e. The molecule has 0 heterocycles. The summed E-state index contributed by atoms with van der Waals surface area (Å²) in [6, 6.07) is 12.0. The number of carbonyl (C=O) groups excluding carboxylic acids is 1. The molecule has 0 aliphatic carbocycles. The molecule has 1 amide bonds. The van der Waals surface area contributed by atoms with Crippen LogP contribution >= 0.6 is 15.9 Å². The van der Waals surface area contributed by atoms with Gasteiger partial charge in [0.25, 0.3) is 5.91 Å². The molecule has 0 bridgehead atoms. The predicted molar refractivity (Wildman–Crippen MR) is 140 cm³/mol. The third-order valence-electron chi connectivity index (χ3n) is 6.04. The van der Waals surface area contributed by atoms with Gasteiger partial charge in [0.1, 0.15) is 5.75 Å². The van der Waals surface area contributed by atoms with E-state index in [-0.39, 0.29) is 12.5 Å². The summed E-state index contributed by atoms with van der Waals surface area (Å²) in [4.78, 5) is 12.1. The summed E-state index contributed by atoms with van der Waals surface area (Å²) in [7, 11) is 0. The van der Waals surface area contributed by atoms with Crippen molar-refractivity contribution in [2.45, 2.75) is 96.8 Å². The molecule has 2 aromatic carbocycles. The van der Waals surface area contributed by atoms with Crippen molar-refractivity contribution < 1.29 is 9.53 Å². The zero-order chi connectivity index (χ0) is 22.9. The first-order chi connectivity index (χ1) is 15.7. The molecule has 0 saturated carbocycles. The van der Waals surface area contributed by atoms with Crippen LogP contribution in [0.5, 0.6) is 5.75 Å². The minimum absolute atomic E-state index is 0.0511. The molecule has 178 valence electrons. The molecule has 0 radical (unpaired) electrons. The summed E-state index contributed by atoms with van der Waals surface area (Å²) in [5.74, 6) is 0.648. The summed E-state index contributed by atoms with van der Waals surface area (Å²) in [5, 5.41) is 5.21. The topological polar surface area (TPSA) is 38.3 Å². The van der Waals surface area contributed by atoms with E-state index in [1.807, 2.05) is 30.3 Å². The third kappa shape index (κ3) is 10.8. The number of carbonyl (C=O) groups is 1. The standard InChI is InChI=1S/C28H42BrNO2/c1-2-3-4-5-6-7-8-9-10-11-12-13-14-17-22-30-27(31)23-32-26-21-20-24-18-15-16-19-25(24)28(26)29/h15-16,18-21H,2-14,17,22-23H2,1H3,(H,30,31). The van der Waals surface area contributed by atoms with Gasteiger partial charge in [-0.3, -0.25) is 4.79 Å². The van der Waals surface area contributed by atoms with Crippen molar-refractivity contribution in [1.29, 1.82) is 0 Å². The van der Waals surface area contributed by atoms with Crippen LogP contribution in [0.1, 0.15) is 96.8 Å². The monoisotopic (exact) mass is 503 g/mol. The maximum Gasteiger partial charge on any atom is 0.257 e. The van der Waals surface area contributed by atoms with E-state index >= 15 is 0 Å². The highest BCUT2D eigenvalue weighted by Gasteiger charge is 2.08. The normalized spacial score (nSPS) is 11.1. The second kappa shape index (κ2) is 17.0. The molecule has 4 heteroatoms. The molecule has 32 heavy (non-hydrogen) atoms. The van der Waals surface area contributed by atoms with Gasteiger partial charge in [0.15, 0.2) is 6.61 Å². The van der Waals surface area contributed by atoms with Crippen molar-refractivity contribution in [1.82, 2.24) is 5.32 Å². The number of ether oxygens (including phenoxy) is 1. The Morgan fingerprint density at radius 3 is 1.97 bits per heavy atom. The van der Waals surface area contributed by atoms with E-state index in [1.54, 1.807) is 0 Å². The van der Waals surface area contributed by atoms with E-state index < -0.39 is 0 Å². The third-order valence-corrected chi connectivity index (χ3v) is 6.86. The minimum Gasteiger partial charge on any atom is -0.483 e. The van der Waals surface area contributed by atoms with Crippen molar-refractivity contribution in [2.75, 3.05) is 13.2 Å². The number of hydrogen-bond donors (Lipinski definition) is 1. The lowest BCUT2D eigenvalue weighted by molar-refractivity contribution is -0.123. The molecule has 0 fully saturated rings. The molecule has 3 nitrogen and oxygen atoms in total. The van der Waals surface area contributed by atoms with E-state index in [0.717, 1.165) is 28.2 Å². The molecular weight excluding hydrogens is 462 g/mol. The Morgan fingerprint density at radius 2 is 1.34 bits per heavy atom. The molecule has 0 saturated heterocycles. The largest absolute Gasteiger partial charge is 0.483 e. The highest BCUT2D eigenvalue weighted by Crippen LogP contribution is 2.32. The Bertz CT molecular complexity index is 777. The first-order valence-corrected chi connectivity index (χ1v) is 13.6. The number of amides is 1. The minimum atomic E-state index is -0.0558. The average molecular weight is 505 g/mol. The van der Waals surface area contributed by atoms with Gasteiger partial charge < -0.3 is 10.1 Å². The first-order valence-electron chi connectivity index (χ1n) is 12.8. The van der Waals surface area contributed by atoms with Gasteiger partial charge in [0, 0.05) is 6.54 Å². The van der Waals surface area contributed by atoms with Crippen molar-refractivity contribution in [3.8, 4) is 5.75 Å². The molecule has 0 aromatic heterocycles. The summed E-state index contributed by atoms with van der Waals surface area (Å²) in [6.07, 6.45) is 18.8. The van der Waals surface area contributed by atoms with Gasteiger partial charge in [-0.25, -0.2) is 0 Å². The molecular formula is C28H42BrNO2. The van der Waals surface area contributed by atoms with Crippen LogP contribution in [-0.2, 0) is 4.79 Å². The summed E-state index contributed by atoms with van der Waals surface area (Å²) >= 11 is 3.60. The maximum absolute atomic E-state index is 12.1. The number of nitrogens with one attached hydrogen (secondary N) is 1. The van der Waals surface area contributed by atoms with Gasteiger partial charge >= 0.3 is 0 Å². The van der Waals surface area contributed by atoms with Gasteiger partial charge in [-0.1, -0.05) is 121 Å². The van der Waals surface area contributed by atoms with Crippen LogP contribution in [0.3, 0.4) is 0 Å². The lowest BCUT2D eigenvalue weighted by atomic mass is 10.0. The van der Waals surface area contributed by atoms with Gasteiger partial charge in [-0.2, -0.15) is 0 Å². The van der Waals surface area contributed by atoms with Crippen molar-refractivity contribution in [3.63, 3.8) is 0 Å². The Kier molecular flexibility index (Phi) is 14.2. The summed E-state index contributed by atoms with van der Waals surface area (Å²) < 4.78 is 6.62. The zero-order valence-electron chi connectivity index (χ0n) is 20.0. The second-order valence-electron chi connectivity index (χ2n) is 8.83. The molecule has 0 atom stereocenters. The van der Waals surface area contributed by atoms with Crippen LogP contribution in [0.25, 0.3) is 10.8 Å². The van der Waals surface area contributed by atoms with E-state index in [1.165, 1.54) is 83.5 Å². The van der Waals surface area contributed by atoms with E-state index in [0.29, 0.717) is 5.75 Å². The molecule has 2 aromatic rings. The van der Waals surface area contributed by atoms with Crippen LogP contribution in [0, 0.1) is 0 Å². The quantitative estimate of drug-likeness (QED) is 0.207. The highest BCUT2D eigenvalue weighted by molar-refractivity contribution is 9.10. The van der Waals surface area contributed by atoms with Crippen LogP contribution < -0.4 is 10.1 Å². The molecule has 0 unspecified atom stereocenters. The van der Waals surface area contributed by atoms with Crippen LogP contribution in [-0.4, -0.2) is 19.1 Å². The van der Waals surface area contributed by atoms with Crippen LogP contribution in [0.15, 0.2) is 40.9 Å². The Hall–Kier alpha value is -1.55. The van der Waals surface area contributed by atoms with Gasteiger partial charge in [-0.15, -0.1) is 0 Å². The molecule has 0 aliphatic rings. The highest BCUT2D eigenvalue weighted by atomic mass is 79.9. The lowest BCUT2D eigenvalue weighted by Crippen LogP contribution is -2.29. The van der Waals surface area contributed by atoms with Crippen molar-refractivity contribution in [2.24, 2.45) is 0 Å². The molecule has 2 rings (SSSR count). The summed E-state index contributed by atoms with van der Waals surface area (Å²) in [5.41, 5.74) is 0. The molecule has 1 N–H and O–H groups in total. The molecule has 0 spiro atoms. The zero-order valence-corrected chi connectivity index (χ0v) is 21.6. The lowest BCUT2D eigenvalue weighted by Gasteiger charge is -2.10.